The van der Waals surface area contributed by atoms with Crippen LogP contribution < -0.4 is 15.6 Å². The molecule has 0 N–H and O–H groups in total. The monoisotopic (exact) mass is 425 g/mol. The van der Waals surface area contributed by atoms with Crippen molar-refractivity contribution in [1.29, 1.82) is 5.26 Å². The first-order valence-corrected chi connectivity index (χ1v) is 12.3. The topological polar surface area (TPSA) is 58.3 Å². The number of aromatic nitrogens is 1. The maximum Gasteiger partial charge on any atom is 0.380 e. The third kappa shape index (κ3) is 3.81. The van der Waals surface area contributed by atoms with E-state index >= 15 is 0 Å². The van der Waals surface area contributed by atoms with Crippen molar-refractivity contribution in [3.8, 4) is 6.07 Å². The molecule has 4 rings (SSSR count). The molecule has 0 atom stereocenters. The van der Waals surface area contributed by atoms with Gasteiger partial charge in [-0.2, -0.15) is 5.26 Å². The molecule has 0 saturated carbocycles. The van der Waals surface area contributed by atoms with Crippen LogP contribution in [0.3, 0.4) is 0 Å². The highest BCUT2D eigenvalue weighted by molar-refractivity contribution is 7.12. The largest absolute Gasteiger partial charge is 0.438 e. The summed E-state index contributed by atoms with van der Waals surface area (Å²) in [6, 6.07) is 32.9. The molecule has 4 nitrogen and oxygen atoms in total. The SMILES string of the molecule is C/C(=N\O[Si](c1ccccc1)(c1ccccc1)c1ccccc1)c1nc(C#N)cs1. The van der Waals surface area contributed by atoms with Gasteiger partial charge in [0.15, 0.2) is 5.69 Å². The van der Waals surface area contributed by atoms with Gasteiger partial charge in [0.25, 0.3) is 0 Å². The Balaban J connectivity index is 1.89. The van der Waals surface area contributed by atoms with Crippen molar-refractivity contribution in [1.82, 2.24) is 4.98 Å². The molecular weight excluding hydrogens is 406 g/mol. The summed E-state index contributed by atoms with van der Waals surface area (Å²) >= 11 is 1.39. The van der Waals surface area contributed by atoms with Crippen molar-refractivity contribution in [2.45, 2.75) is 6.92 Å². The number of nitrogens with zero attached hydrogens (tertiary/aromatic N) is 3. The van der Waals surface area contributed by atoms with Crippen LogP contribution in [0.2, 0.25) is 0 Å². The van der Waals surface area contributed by atoms with Crippen LogP contribution in [0.4, 0.5) is 0 Å². The summed E-state index contributed by atoms with van der Waals surface area (Å²) in [5.41, 5.74) is 1.04. The second-order valence-electron chi connectivity index (χ2n) is 6.70. The molecule has 0 aliphatic carbocycles. The second-order valence-corrected chi connectivity index (χ2v) is 10.8. The van der Waals surface area contributed by atoms with E-state index in [-0.39, 0.29) is 0 Å². The molecule has 0 aliphatic rings. The zero-order chi connectivity index (χ0) is 20.8. The van der Waals surface area contributed by atoms with Crippen molar-refractivity contribution < 1.29 is 4.53 Å². The molecule has 146 valence electrons. The van der Waals surface area contributed by atoms with Gasteiger partial charge < -0.3 is 4.53 Å². The standard InChI is InChI=1S/C24H19N3OSSi/c1-19(24-26-20(17-25)18-29-24)27-28-30(21-11-5-2-6-12-21,22-13-7-3-8-14-22)23-15-9-4-10-16-23/h2-16,18H,1H3/b27-19+. The number of hydrogen-bond donors (Lipinski definition) is 0. The Kier molecular flexibility index (Phi) is 5.84. The summed E-state index contributed by atoms with van der Waals surface area (Å²) in [5, 5.41) is 19.4. The molecule has 3 aromatic carbocycles. The molecule has 4 aromatic rings. The zero-order valence-corrected chi connectivity index (χ0v) is 18.2. The van der Waals surface area contributed by atoms with Gasteiger partial charge in [0, 0.05) is 5.38 Å². The molecule has 1 heterocycles. The molecule has 0 spiro atoms. The highest BCUT2D eigenvalue weighted by atomic mass is 32.1. The van der Waals surface area contributed by atoms with Gasteiger partial charge in [0.2, 0.25) is 0 Å². The third-order valence-corrected chi connectivity index (χ3v) is 9.54. The molecule has 0 amide bonds. The van der Waals surface area contributed by atoms with Crippen molar-refractivity contribution in [3.05, 3.63) is 107 Å². The second kappa shape index (κ2) is 8.87. The van der Waals surface area contributed by atoms with Gasteiger partial charge in [0.1, 0.15) is 16.8 Å². The number of nitriles is 1. The quantitative estimate of drug-likeness (QED) is 0.206. The van der Waals surface area contributed by atoms with Crippen LogP contribution in [0.15, 0.2) is 102 Å². The highest BCUT2D eigenvalue weighted by Gasteiger charge is 2.45. The predicted octanol–water partition coefficient (Wildman–Crippen LogP) is 3.42. The lowest BCUT2D eigenvalue weighted by Crippen LogP contribution is -2.68. The lowest BCUT2D eigenvalue weighted by molar-refractivity contribution is 0.349. The van der Waals surface area contributed by atoms with E-state index in [1.165, 1.54) is 11.3 Å². The van der Waals surface area contributed by atoms with E-state index in [0.29, 0.717) is 16.4 Å². The first-order chi connectivity index (χ1) is 14.7. The van der Waals surface area contributed by atoms with E-state index in [9.17, 15) is 0 Å². The Labute approximate surface area is 180 Å². The van der Waals surface area contributed by atoms with E-state index < -0.39 is 8.32 Å². The van der Waals surface area contributed by atoms with Crippen molar-refractivity contribution >= 4 is 40.9 Å². The highest BCUT2D eigenvalue weighted by Crippen LogP contribution is 2.14. The smallest absolute Gasteiger partial charge is 0.380 e. The number of oxime groups is 1. The van der Waals surface area contributed by atoms with Crippen LogP contribution in [-0.4, -0.2) is 19.0 Å². The molecule has 0 saturated heterocycles. The molecule has 1 aromatic heterocycles. The minimum atomic E-state index is -2.90. The van der Waals surface area contributed by atoms with Gasteiger partial charge in [-0.25, -0.2) is 4.98 Å². The Morgan fingerprint density at radius 1 is 0.867 bits per heavy atom. The maximum atomic E-state index is 9.07. The summed E-state index contributed by atoms with van der Waals surface area (Å²) in [4.78, 5) is 4.31. The Morgan fingerprint density at radius 3 is 1.73 bits per heavy atom. The van der Waals surface area contributed by atoms with E-state index in [4.69, 9.17) is 9.79 Å². The normalized spacial score (nSPS) is 11.7. The van der Waals surface area contributed by atoms with Gasteiger partial charge in [-0.1, -0.05) is 91.0 Å². The summed E-state index contributed by atoms with van der Waals surface area (Å²) in [6.07, 6.45) is 0. The summed E-state index contributed by atoms with van der Waals surface area (Å²) < 4.78 is 6.56. The average Bonchev–Trinajstić information content (AvgIpc) is 3.31. The molecule has 0 fully saturated rings. The summed E-state index contributed by atoms with van der Waals surface area (Å²) in [5.74, 6) is 0. The van der Waals surface area contributed by atoms with Crippen LogP contribution in [0.5, 0.6) is 0 Å². The fourth-order valence-corrected chi connectivity index (χ4v) is 7.61. The van der Waals surface area contributed by atoms with Crippen molar-refractivity contribution in [2.24, 2.45) is 5.16 Å². The predicted molar refractivity (Wildman–Crippen MR) is 124 cm³/mol. The average molecular weight is 426 g/mol. The summed E-state index contributed by atoms with van der Waals surface area (Å²) in [7, 11) is -2.90. The van der Waals surface area contributed by atoms with E-state index in [0.717, 1.165) is 15.6 Å². The molecular formula is C24H19N3OSSi. The molecule has 0 bridgehead atoms. The van der Waals surface area contributed by atoms with Gasteiger partial charge in [-0.15, -0.1) is 16.5 Å². The van der Waals surface area contributed by atoms with Crippen LogP contribution in [0, 0.1) is 11.3 Å². The third-order valence-electron chi connectivity index (χ3n) is 4.79. The van der Waals surface area contributed by atoms with Gasteiger partial charge in [0.05, 0.1) is 0 Å². The fourth-order valence-electron chi connectivity index (χ4n) is 3.34. The Morgan fingerprint density at radius 2 is 1.33 bits per heavy atom. The van der Waals surface area contributed by atoms with E-state index in [2.05, 4.69) is 52.6 Å². The van der Waals surface area contributed by atoms with Crippen LogP contribution in [0.1, 0.15) is 17.6 Å². The first-order valence-electron chi connectivity index (χ1n) is 9.49. The lowest BCUT2D eigenvalue weighted by atomic mass is 10.3. The zero-order valence-electron chi connectivity index (χ0n) is 16.4. The van der Waals surface area contributed by atoms with Gasteiger partial charge >= 0.3 is 8.32 Å². The first kappa shape index (κ1) is 19.8. The Hall–Kier alpha value is -3.53. The van der Waals surface area contributed by atoms with Crippen LogP contribution in [0.25, 0.3) is 0 Å². The van der Waals surface area contributed by atoms with Crippen molar-refractivity contribution in [3.63, 3.8) is 0 Å². The number of thiazole rings is 1. The number of hydrogen-bond acceptors (Lipinski definition) is 5. The summed E-state index contributed by atoms with van der Waals surface area (Å²) in [6.45, 7) is 1.86. The molecule has 0 radical (unpaired) electrons. The molecule has 30 heavy (non-hydrogen) atoms. The molecule has 0 unspecified atom stereocenters. The van der Waals surface area contributed by atoms with E-state index in [1.807, 2.05) is 61.5 Å². The number of benzene rings is 3. The Bertz CT molecular complexity index is 1090. The molecule has 6 heteroatoms. The molecule has 0 aliphatic heterocycles. The van der Waals surface area contributed by atoms with Crippen LogP contribution >= 0.6 is 11.3 Å². The van der Waals surface area contributed by atoms with Gasteiger partial charge in [-0.05, 0) is 22.5 Å². The van der Waals surface area contributed by atoms with Crippen molar-refractivity contribution in [2.75, 3.05) is 0 Å². The van der Waals surface area contributed by atoms with E-state index in [1.54, 1.807) is 5.38 Å². The van der Waals surface area contributed by atoms with Crippen LogP contribution in [-0.2, 0) is 4.53 Å². The number of rotatable bonds is 6. The van der Waals surface area contributed by atoms with Gasteiger partial charge in [-0.3, -0.25) is 0 Å². The lowest BCUT2D eigenvalue weighted by Gasteiger charge is -2.30. The minimum Gasteiger partial charge on any atom is -0.438 e. The fraction of sp³-hybridized carbons (Fsp3) is 0.0417. The minimum absolute atomic E-state index is 0.391. The maximum absolute atomic E-state index is 9.07.